The highest BCUT2D eigenvalue weighted by molar-refractivity contribution is 7.89. The van der Waals surface area contributed by atoms with Crippen molar-refractivity contribution < 1.29 is 32.2 Å². The number of hydrogen-bond donors (Lipinski definition) is 1. The molecule has 9 nitrogen and oxygen atoms in total. The number of carbonyl (C=O) groups is 2. The molecular weight excluding hydrogens is 436 g/mol. The molecule has 0 spiro atoms. The Kier molecular flexibility index (Phi) is 6.33. The average Bonchev–Trinajstić information content (AvgIpc) is 3.24. The van der Waals surface area contributed by atoms with Crippen molar-refractivity contribution in [3.05, 3.63) is 47.5 Å². The normalized spacial score (nSPS) is 16.4. The molecule has 0 atom stereocenters. The predicted octanol–water partition coefficient (Wildman–Crippen LogP) is 1.99. The molecule has 10 heteroatoms. The highest BCUT2D eigenvalue weighted by Gasteiger charge is 2.28. The molecule has 0 aromatic heterocycles. The summed E-state index contributed by atoms with van der Waals surface area (Å²) in [5, 5.41) is 0. The summed E-state index contributed by atoms with van der Waals surface area (Å²) in [6.45, 7) is 1.56. The minimum absolute atomic E-state index is 0.0326. The van der Waals surface area contributed by atoms with Crippen LogP contribution in [0.1, 0.15) is 40.0 Å². The number of primary amides is 1. The molecule has 2 aromatic carbocycles. The lowest BCUT2D eigenvalue weighted by Crippen LogP contribution is -2.28. The Morgan fingerprint density at radius 3 is 2.41 bits per heavy atom. The van der Waals surface area contributed by atoms with E-state index in [0.717, 1.165) is 19.3 Å². The van der Waals surface area contributed by atoms with Gasteiger partial charge in [-0.05, 0) is 49.2 Å². The standard InChI is InChI=1S/C22H24N2O7S/c23-22(26)17-13-16(32(27,28)24-8-1-2-9-24)5-7-19(17)31-14-18(25)15-4-6-20-21(12-15)30-11-3-10-29-20/h4-7,12-13H,1-3,8-11,14H2,(H2,23,26). The first-order valence-electron chi connectivity index (χ1n) is 10.4. The molecule has 0 aliphatic carbocycles. The Bertz CT molecular complexity index is 1140. The van der Waals surface area contributed by atoms with Crippen molar-refractivity contribution in [1.82, 2.24) is 4.31 Å². The van der Waals surface area contributed by atoms with Crippen LogP contribution in [0.25, 0.3) is 0 Å². The van der Waals surface area contributed by atoms with Gasteiger partial charge in [-0.25, -0.2) is 8.42 Å². The smallest absolute Gasteiger partial charge is 0.252 e. The number of rotatable bonds is 7. The van der Waals surface area contributed by atoms with E-state index >= 15 is 0 Å². The molecule has 2 N–H and O–H groups in total. The van der Waals surface area contributed by atoms with Crippen molar-refractivity contribution in [3.63, 3.8) is 0 Å². The van der Waals surface area contributed by atoms with Crippen LogP contribution in [0.5, 0.6) is 17.2 Å². The third kappa shape index (κ3) is 4.56. The molecule has 170 valence electrons. The maximum Gasteiger partial charge on any atom is 0.252 e. The van der Waals surface area contributed by atoms with E-state index in [9.17, 15) is 18.0 Å². The van der Waals surface area contributed by atoms with Crippen molar-refractivity contribution in [2.75, 3.05) is 32.9 Å². The van der Waals surface area contributed by atoms with Crippen LogP contribution in [-0.2, 0) is 10.0 Å². The number of nitrogens with two attached hydrogens (primary N) is 1. The first-order chi connectivity index (χ1) is 15.4. The third-order valence-corrected chi connectivity index (χ3v) is 7.24. The van der Waals surface area contributed by atoms with Crippen LogP contribution in [0.2, 0.25) is 0 Å². The molecule has 0 radical (unpaired) electrons. The van der Waals surface area contributed by atoms with Gasteiger partial charge < -0.3 is 19.9 Å². The summed E-state index contributed by atoms with van der Waals surface area (Å²) in [4.78, 5) is 24.5. The van der Waals surface area contributed by atoms with Crippen molar-refractivity contribution in [2.24, 2.45) is 5.73 Å². The fourth-order valence-electron chi connectivity index (χ4n) is 3.63. The molecule has 0 unspecified atom stereocenters. The van der Waals surface area contributed by atoms with E-state index in [1.54, 1.807) is 18.2 Å². The first-order valence-corrected chi connectivity index (χ1v) is 11.8. The second-order valence-electron chi connectivity index (χ2n) is 7.56. The molecular formula is C22H24N2O7S. The molecule has 1 saturated heterocycles. The number of benzene rings is 2. The van der Waals surface area contributed by atoms with Gasteiger partial charge in [-0.15, -0.1) is 0 Å². The van der Waals surface area contributed by atoms with E-state index in [4.69, 9.17) is 19.9 Å². The van der Waals surface area contributed by atoms with Gasteiger partial charge in [0.15, 0.2) is 23.9 Å². The molecule has 0 bridgehead atoms. The van der Waals surface area contributed by atoms with Crippen LogP contribution in [0.3, 0.4) is 0 Å². The number of ether oxygens (including phenoxy) is 3. The maximum absolute atomic E-state index is 12.8. The Morgan fingerprint density at radius 1 is 0.969 bits per heavy atom. The van der Waals surface area contributed by atoms with Gasteiger partial charge in [0.2, 0.25) is 10.0 Å². The molecule has 2 aliphatic heterocycles. The van der Waals surface area contributed by atoms with Crippen LogP contribution >= 0.6 is 0 Å². The third-order valence-electron chi connectivity index (χ3n) is 5.35. The summed E-state index contributed by atoms with van der Waals surface area (Å²) < 4.78 is 43.6. The van der Waals surface area contributed by atoms with Gasteiger partial charge in [0.1, 0.15) is 5.75 Å². The molecule has 2 aliphatic rings. The quantitative estimate of drug-likeness (QED) is 0.627. The Hall–Kier alpha value is -3.11. The average molecular weight is 461 g/mol. The van der Waals surface area contributed by atoms with Crippen molar-refractivity contribution in [3.8, 4) is 17.2 Å². The number of fused-ring (bicyclic) bond motifs is 1. The minimum atomic E-state index is -3.72. The Labute approximate surface area is 186 Å². The summed E-state index contributed by atoms with van der Waals surface area (Å²) in [7, 11) is -3.72. The van der Waals surface area contributed by atoms with Crippen molar-refractivity contribution in [1.29, 1.82) is 0 Å². The van der Waals surface area contributed by atoms with E-state index in [1.165, 1.54) is 22.5 Å². The number of Topliss-reactive ketones (excluding diaryl/α,β-unsaturated/α-hetero) is 1. The van der Waals surface area contributed by atoms with E-state index in [0.29, 0.717) is 43.4 Å². The molecule has 4 rings (SSSR count). The van der Waals surface area contributed by atoms with Crippen LogP contribution < -0.4 is 19.9 Å². The van der Waals surface area contributed by atoms with Crippen LogP contribution in [-0.4, -0.2) is 57.3 Å². The van der Waals surface area contributed by atoms with Crippen LogP contribution in [0.15, 0.2) is 41.3 Å². The summed E-state index contributed by atoms with van der Waals surface area (Å²) in [5.74, 6) is -0.0830. The van der Waals surface area contributed by atoms with Crippen LogP contribution in [0, 0.1) is 0 Å². The van der Waals surface area contributed by atoms with Gasteiger partial charge in [0.05, 0.1) is 23.7 Å². The summed E-state index contributed by atoms with van der Waals surface area (Å²) in [5.41, 5.74) is 5.71. The van der Waals surface area contributed by atoms with E-state index in [2.05, 4.69) is 0 Å². The number of nitrogens with zero attached hydrogens (tertiary/aromatic N) is 1. The second-order valence-corrected chi connectivity index (χ2v) is 9.50. The Morgan fingerprint density at radius 2 is 1.69 bits per heavy atom. The maximum atomic E-state index is 12.8. The van der Waals surface area contributed by atoms with Gasteiger partial charge in [0.25, 0.3) is 5.91 Å². The van der Waals surface area contributed by atoms with E-state index in [-0.39, 0.29) is 28.6 Å². The largest absolute Gasteiger partial charge is 0.490 e. The number of hydrogen-bond acceptors (Lipinski definition) is 7. The van der Waals surface area contributed by atoms with Gasteiger partial charge in [-0.3, -0.25) is 9.59 Å². The lowest BCUT2D eigenvalue weighted by Gasteiger charge is -2.17. The highest BCUT2D eigenvalue weighted by atomic mass is 32.2. The molecule has 2 aromatic rings. The van der Waals surface area contributed by atoms with Gasteiger partial charge in [-0.2, -0.15) is 4.31 Å². The zero-order valence-electron chi connectivity index (χ0n) is 17.4. The molecule has 32 heavy (non-hydrogen) atoms. The second kappa shape index (κ2) is 9.17. The summed E-state index contributed by atoms with van der Waals surface area (Å²) in [6, 6.07) is 8.77. The fraction of sp³-hybridized carbons (Fsp3) is 0.364. The lowest BCUT2D eigenvalue weighted by molar-refractivity contribution is 0.0911. The minimum Gasteiger partial charge on any atom is -0.490 e. The lowest BCUT2D eigenvalue weighted by atomic mass is 10.1. The Balaban J connectivity index is 1.51. The van der Waals surface area contributed by atoms with Gasteiger partial charge in [-0.1, -0.05) is 0 Å². The monoisotopic (exact) mass is 460 g/mol. The number of carbonyl (C=O) groups excluding carboxylic acids is 2. The predicted molar refractivity (Wildman–Crippen MR) is 115 cm³/mol. The number of sulfonamides is 1. The summed E-state index contributed by atoms with van der Waals surface area (Å²) in [6.07, 6.45) is 2.34. The fourth-order valence-corrected chi connectivity index (χ4v) is 5.17. The molecule has 1 fully saturated rings. The molecule has 0 saturated carbocycles. The zero-order chi connectivity index (χ0) is 22.7. The topological polar surface area (TPSA) is 125 Å². The molecule has 1 amide bonds. The van der Waals surface area contributed by atoms with Crippen LogP contribution in [0.4, 0.5) is 0 Å². The SMILES string of the molecule is NC(=O)c1cc(S(=O)(=O)N2CCCC2)ccc1OCC(=O)c1ccc2c(c1)OCCCO2. The van der Waals surface area contributed by atoms with E-state index in [1.807, 2.05) is 0 Å². The van der Waals surface area contributed by atoms with Gasteiger partial charge in [0, 0.05) is 25.1 Å². The van der Waals surface area contributed by atoms with E-state index < -0.39 is 15.9 Å². The molecule has 2 heterocycles. The number of amides is 1. The van der Waals surface area contributed by atoms with Gasteiger partial charge >= 0.3 is 0 Å². The summed E-state index contributed by atoms with van der Waals surface area (Å²) >= 11 is 0. The number of ketones is 1. The van der Waals surface area contributed by atoms with Crippen molar-refractivity contribution >= 4 is 21.7 Å². The first kappa shape index (κ1) is 22.1. The zero-order valence-corrected chi connectivity index (χ0v) is 18.2. The van der Waals surface area contributed by atoms with Crippen molar-refractivity contribution in [2.45, 2.75) is 24.2 Å². The highest BCUT2D eigenvalue weighted by Crippen LogP contribution is 2.31.